The van der Waals surface area contributed by atoms with E-state index in [2.05, 4.69) is 65.4 Å². The largest absolute Gasteiger partial charge is 0.372 e. The molecule has 0 spiro atoms. The predicted molar refractivity (Wildman–Crippen MR) is 199 cm³/mol. The molecule has 7 heteroatoms. The van der Waals surface area contributed by atoms with Crippen LogP contribution in [-0.4, -0.2) is 32.5 Å². The summed E-state index contributed by atoms with van der Waals surface area (Å²) in [6.07, 6.45) is 2.74. The van der Waals surface area contributed by atoms with E-state index in [1.165, 1.54) is 11.4 Å². The summed E-state index contributed by atoms with van der Waals surface area (Å²) in [6.45, 7) is 26.9. The second-order valence-corrected chi connectivity index (χ2v) is 10.1. The molecular formula is C41H44N6O. The monoisotopic (exact) mass is 636 g/mol. The molecule has 4 rings (SSSR count). The minimum atomic E-state index is 0. The number of carbonyl (C=O) groups excluding carboxylic acids is 1. The Morgan fingerprint density at radius 2 is 1.08 bits per heavy atom. The molecule has 0 unspecified atom stereocenters. The second-order valence-electron chi connectivity index (χ2n) is 10.1. The average Bonchev–Trinajstić information content (AvgIpc) is 3.13. The zero-order chi connectivity index (χ0) is 34.4. The molecule has 0 aromatic heterocycles. The van der Waals surface area contributed by atoms with Crippen LogP contribution in [0, 0.1) is 35.8 Å². The molecule has 0 saturated heterocycles. The average molecular weight is 637 g/mol. The second kappa shape index (κ2) is 22.4. The van der Waals surface area contributed by atoms with Crippen LogP contribution in [0.1, 0.15) is 73.3 Å². The number of nitriles is 2. The SMILES string of the molecule is C.CCN(CC)c1ccc(C=O)cc1.[C-]#[N+]/C(=C\c1ccc(N(CC)CC)cc1)c1ccc(C#N)cc1.[C-]#[N+]Cc1ccc(C#N)cc1. The number of benzene rings is 4. The lowest BCUT2D eigenvalue weighted by atomic mass is 10.1. The molecule has 4 aromatic rings. The lowest BCUT2D eigenvalue weighted by molar-refractivity contribution is 0.112. The van der Waals surface area contributed by atoms with Gasteiger partial charge in [0.1, 0.15) is 6.29 Å². The van der Waals surface area contributed by atoms with Crippen LogP contribution in [0.15, 0.2) is 97.1 Å². The normalized spacial score (nSPS) is 9.62. The first-order valence-corrected chi connectivity index (χ1v) is 15.5. The number of hydrogen-bond donors (Lipinski definition) is 0. The van der Waals surface area contributed by atoms with Crippen LogP contribution in [0.3, 0.4) is 0 Å². The molecular weight excluding hydrogens is 592 g/mol. The van der Waals surface area contributed by atoms with Gasteiger partial charge in [-0.05, 0) is 106 Å². The molecule has 0 fully saturated rings. The van der Waals surface area contributed by atoms with Gasteiger partial charge in [-0.15, -0.1) is 0 Å². The third kappa shape index (κ3) is 12.7. The highest BCUT2D eigenvalue weighted by Crippen LogP contribution is 2.22. The summed E-state index contributed by atoms with van der Waals surface area (Å²) in [5, 5.41) is 17.3. The van der Waals surface area contributed by atoms with E-state index < -0.39 is 0 Å². The van der Waals surface area contributed by atoms with Gasteiger partial charge in [0.2, 0.25) is 6.54 Å². The van der Waals surface area contributed by atoms with Crippen LogP contribution in [0.4, 0.5) is 11.4 Å². The van der Waals surface area contributed by atoms with Gasteiger partial charge >= 0.3 is 0 Å². The smallest absolute Gasteiger partial charge is 0.239 e. The van der Waals surface area contributed by atoms with Crippen molar-refractivity contribution in [2.24, 2.45) is 0 Å². The Morgan fingerprint density at radius 1 is 0.667 bits per heavy atom. The number of nitrogens with zero attached hydrogens (tertiary/aromatic N) is 6. The van der Waals surface area contributed by atoms with Gasteiger partial charge in [0.05, 0.1) is 29.8 Å². The third-order valence-electron chi connectivity index (χ3n) is 7.26. The van der Waals surface area contributed by atoms with Crippen molar-refractivity contribution >= 4 is 29.4 Å². The van der Waals surface area contributed by atoms with Crippen molar-refractivity contribution in [3.63, 3.8) is 0 Å². The van der Waals surface area contributed by atoms with E-state index in [1.807, 2.05) is 60.7 Å². The van der Waals surface area contributed by atoms with Crippen molar-refractivity contribution in [3.05, 3.63) is 153 Å². The maximum absolute atomic E-state index is 10.4. The van der Waals surface area contributed by atoms with Gasteiger partial charge in [0.15, 0.2) is 5.70 Å². The minimum Gasteiger partial charge on any atom is -0.372 e. The first kappa shape index (κ1) is 39.9. The van der Waals surface area contributed by atoms with Crippen LogP contribution < -0.4 is 9.80 Å². The summed E-state index contributed by atoms with van der Waals surface area (Å²) in [4.78, 5) is 21.8. The molecule has 7 nitrogen and oxygen atoms in total. The number of anilines is 2. The Kier molecular flexibility index (Phi) is 18.6. The maximum Gasteiger partial charge on any atom is 0.239 e. The van der Waals surface area contributed by atoms with Crippen LogP contribution in [0.5, 0.6) is 0 Å². The van der Waals surface area contributed by atoms with Crippen molar-refractivity contribution in [1.29, 1.82) is 10.5 Å². The summed E-state index contributed by atoms with van der Waals surface area (Å²) >= 11 is 0. The zero-order valence-corrected chi connectivity index (χ0v) is 27.5. The highest BCUT2D eigenvalue weighted by Gasteiger charge is 2.04. The quantitative estimate of drug-likeness (QED) is 0.0984. The van der Waals surface area contributed by atoms with E-state index in [0.29, 0.717) is 23.4 Å². The number of aldehydes is 1. The summed E-state index contributed by atoms with van der Waals surface area (Å²) in [5.74, 6) is 0. The molecule has 0 aliphatic heterocycles. The topological polar surface area (TPSA) is 79.8 Å². The Balaban J connectivity index is 0.000000391. The lowest BCUT2D eigenvalue weighted by Crippen LogP contribution is -2.21. The molecule has 48 heavy (non-hydrogen) atoms. The molecule has 0 atom stereocenters. The van der Waals surface area contributed by atoms with Gasteiger partial charge in [-0.2, -0.15) is 10.5 Å². The van der Waals surface area contributed by atoms with E-state index in [9.17, 15) is 4.79 Å². The van der Waals surface area contributed by atoms with Gasteiger partial charge in [-0.1, -0.05) is 43.8 Å². The van der Waals surface area contributed by atoms with Crippen molar-refractivity contribution in [3.8, 4) is 12.1 Å². The van der Waals surface area contributed by atoms with Crippen molar-refractivity contribution < 1.29 is 4.79 Å². The molecule has 0 amide bonds. The molecule has 244 valence electrons. The summed E-state index contributed by atoms with van der Waals surface area (Å²) in [7, 11) is 0. The third-order valence-corrected chi connectivity index (χ3v) is 7.26. The van der Waals surface area contributed by atoms with E-state index in [-0.39, 0.29) is 7.43 Å². The van der Waals surface area contributed by atoms with E-state index in [4.69, 9.17) is 23.7 Å². The molecule has 0 heterocycles. The highest BCUT2D eigenvalue weighted by molar-refractivity contribution is 5.85. The van der Waals surface area contributed by atoms with E-state index in [1.54, 1.807) is 36.4 Å². The van der Waals surface area contributed by atoms with E-state index in [0.717, 1.165) is 54.7 Å². The number of rotatable bonds is 10. The van der Waals surface area contributed by atoms with Gasteiger partial charge in [0.25, 0.3) is 0 Å². The minimum absolute atomic E-state index is 0. The fourth-order valence-electron chi connectivity index (χ4n) is 4.55. The maximum atomic E-state index is 10.4. The van der Waals surface area contributed by atoms with Crippen LogP contribution in [0.2, 0.25) is 0 Å². The van der Waals surface area contributed by atoms with Crippen LogP contribution in [0.25, 0.3) is 21.5 Å². The lowest BCUT2D eigenvalue weighted by Gasteiger charge is -2.20. The molecule has 0 N–H and O–H groups in total. The van der Waals surface area contributed by atoms with Gasteiger partial charge in [-0.3, -0.25) is 4.79 Å². The first-order chi connectivity index (χ1) is 22.9. The Hall–Kier alpha value is -6.15. The molecule has 0 radical (unpaired) electrons. The molecule has 4 aromatic carbocycles. The van der Waals surface area contributed by atoms with Crippen molar-refractivity contribution in [1.82, 2.24) is 0 Å². The predicted octanol–water partition coefficient (Wildman–Crippen LogP) is 9.78. The van der Waals surface area contributed by atoms with Gasteiger partial charge in [0, 0.05) is 48.7 Å². The molecule has 0 saturated carbocycles. The standard InChI is InChI=1S/C20H19N3.C11H15NO.C9H6N2.CH4/c1-4-23(5-2)19-12-8-16(9-13-19)14-20(22-3)18-10-6-17(15-21)7-11-18;1-3-12(4-2)11-7-5-10(9-13)6-8-11;1-11-7-9-4-2-8(6-10)3-5-9;/h6-14H,4-5H2,1-2H3;5-9H,3-4H2,1-2H3;2-5H,7H2;1H4/b20-14-;;;. The summed E-state index contributed by atoms with van der Waals surface area (Å²) in [6, 6.07) is 34.1. The zero-order valence-electron chi connectivity index (χ0n) is 27.5. The van der Waals surface area contributed by atoms with Crippen molar-refractivity contribution in [2.45, 2.75) is 41.7 Å². The fraction of sp³-hybridized carbons (Fsp3) is 0.244. The molecule has 0 aliphatic rings. The van der Waals surface area contributed by atoms with Crippen LogP contribution in [-0.2, 0) is 6.54 Å². The Bertz CT molecular complexity index is 1720. The number of hydrogen-bond acceptors (Lipinski definition) is 5. The Morgan fingerprint density at radius 3 is 1.44 bits per heavy atom. The number of carbonyl (C=O) groups is 1. The first-order valence-electron chi connectivity index (χ1n) is 15.5. The van der Waals surface area contributed by atoms with Crippen LogP contribution >= 0.6 is 0 Å². The van der Waals surface area contributed by atoms with Crippen molar-refractivity contribution in [2.75, 3.05) is 36.0 Å². The fourth-order valence-corrected chi connectivity index (χ4v) is 4.55. The van der Waals surface area contributed by atoms with Gasteiger partial charge < -0.3 is 14.6 Å². The highest BCUT2D eigenvalue weighted by atomic mass is 16.1. The Labute approximate surface area is 287 Å². The summed E-state index contributed by atoms with van der Waals surface area (Å²) < 4.78 is 0. The summed E-state index contributed by atoms with van der Waals surface area (Å²) in [5.41, 5.74) is 7.69. The molecule has 0 aliphatic carbocycles. The van der Waals surface area contributed by atoms with Gasteiger partial charge in [-0.25, -0.2) is 11.4 Å². The van der Waals surface area contributed by atoms with E-state index >= 15 is 0 Å². The molecule has 0 bridgehead atoms.